The van der Waals surface area contributed by atoms with E-state index in [1.165, 1.54) is 25.8 Å². The van der Waals surface area contributed by atoms with E-state index in [1.54, 1.807) is 0 Å². The SMILES string of the molecule is O=C(NC[C@@H]1CN2CCCC[C@@H]2CO1)[C@H]1CCCN1. The van der Waals surface area contributed by atoms with Gasteiger partial charge in [0.05, 0.1) is 18.8 Å². The van der Waals surface area contributed by atoms with Crippen LogP contribution in [0.2, 0.25) is 0 Å². The van der Waals surface area contributed by atoms with Crippen LogP contribution in [0.3, 0.4) is 0 Å². The van der Waals surface area contributed by atoms with Gasteiger partial charge >= 0.3 is 0 Å². The second kappa shape index (κ2) is 6.20. The molecular formula is C14H25N3O2. The Hall–Kier alpha value is -0.650. The highest BCUT2D eigenvalue weighted by molar-refractivity contribution is 5.82. The Morgan fingerprint density at radius 3 is 3.11 bits per heavy atom. The van der Waals surface area contributed by atoms with Gasteiger partial charge in [-0.1, -0.05) is 6.42 Å². The van der Waals surface area contributed by atoms with Crippen LogP contribution >= 0.6 is 0 Å². The minimum Gasteiger partial charge on any atom is -0.373 e. The fraction of sp³-hybridized carbons (Fsp3) is 0.929. The maximum atomic E-state index is 11.9. The van der Waals surface area contributed by atoms with Crippen LogP contribution < -0.4 is 10.6 Å². The van der Waals surface area contributed by atoms with E-state index in [2.05, 4.69) is 15.5 Å². The number of ether oxygens (including phenoxy) is 1. The number of fused-ring (bicyclic) bond motifs is 1. The number of rotatable bonds is 3. The number of hydrogen-bond donors (Lipinski definition) is 2. The van der Waals surface area contributed by atoms with Gasteiger partial charge in [-0.2, -0.15) is 0 Å². The molecule has 0 spiro atoms. The molecule has 3 rings (SSSR count). The molecule has 0 saturated carbocycles. The Morgan fingerprint density at radius 2 is 2.26 bits per heavy atom. The fourth-order valence-electron chi connectivity index (χ4n) is 3.42. The van der Waals surface area contributed by atoms with Gasteiger partial charge < -0.3 is 15.4 Å². The quantitative estimate of drug-likeness (QED) is 0.762. The Morgan fingerprint density at radius 1 is 1.32 bits per heavy atom. The van der Waals surface area contributed by atoms with E-state index < -0.39 is 0 Å². The van der Waals surface area contributed by atoms with E-state index in [0.717, 1.165) is 32.5 Å². The summed E-state index contributed by atoms with van der Waals surface area (Å²) in [6, 6.07) is 0.642. The molecule has 0 unspecified atom stereocenters. The molecule has 3 aliphatic rings. The summed E-state index contributed by atoms with van der Waals surface area (Å²) >= 11 is 0. The lowest BCUT2D eigenvalue weighted by Gasteiger charge is -2.42. The molecule has 108 valence electrons. The van der Waals surface area contributed by atoms with Crippen LogP contribution in [0.1, 0.15) is 32.1 Å². The lowest BCUT2D eigenvalue weighted by Crippen LogP contribution is -2.55. The van der Waals surface area contributed by atoms with Crippen LogP contribution in [-0.2, 0) is 9.53 Å². The van der Waals surface area contributed by atoms with Crippen LogP contribution in [0.5, 0.6) is 0 Å². The first kappa shape index (κ1) is 13.3. The summed E-state index contributed by atoms with van der Waals surface area (Å²) in [4.78, 5) is 14.5. The van der Waals surface area contributed by atoms with Crippen molar-refractivity contribution in [2.75, 3.05) is 32.8 Å². The van der Waals surface area contributed by atoms with E-state index in [4.69, 9.17) is 4.74 Å². The lowest BCUT2D eigenvalue weighted by atomic mass is 10.0. The third kappa shape index (κ3) is 3.27. The standard InChI is InChI=1S/C14H25N3O2/c18-14(13-5-3-6-15-13)16-8-12-9-17-7-2-1-4-11(17)10-19-12/h11-13,15H,1-10H2,(H,16,18)/t11-,12-,13-/m1/s1. The van der Waals surface area contributed by atoms with E-state index in [9.17, 15) is 4.79 Å². The van der Waals surface area contributed by atoms with Crippen molar-refractivity contribution in [3.8, 4) is 0 Å². The summed E-state index contributed by atoms with van der Waals surface area (Å²) < 4.78 is 5.88. The third-order valence-corrected chi connectivity index (χ3v) is 4.59. The number of morpholine rings is 1. The van der Waals surface area contributed by atoms with Crippen molar-refractivity contribution >= 4 is 5.91 Å². The van der Waals surface area contributed by atoms with Crippen molar-refractivity contribution in [3.63, 3.8) is 0 Å². The number of carbonyl (C=O) groups excluding carboxylic acids is 1. The first-order valence-corrected chi connectivity index (χ1v) is 7.69. The first-order valence-electron chi connectivity index (χ1n) is 7.69. The topological polar surface area (TPSA) is 53.6 Å². The maximum absolute atomic E-state index is 11.9. The van der Waals surface area contributed by atoms with Crippen molar-refractivity contribution in [2.24, 2.45) is 0 Å². The minimum atomic E-state index is 0.0197. The van der Waals surface area contributed by atoms with Crippen LogP contribution in [-0.4, -0.2) is 61.8 Å². The predicted octanol–water partition coefficient (Wildman–Crippen LogP) is 0.108. The lowest BCUT2D eigenvalue weighted by molar-refractivity contribution is -0.124. The van der Waals surface area contributed by atoms with Crippen LogP contribution in [0.25, 0.3) is 0 Å². The van der Waals surface area contributed by atoms with Crippen molar-refractivity contribution in [3.05, 3.63) is 0 Å². The number of carbonyl (C=O) groups is 1. The molecule has 0 aromatic carbocycles. The molecule has 5 heteroatoms. The molecule has 3 saturated heterocycles. The zero-order chi connectivity index (χ0) is 13.1. The number of piperidine rings is 1. The molecule has 3 atom stereocenters. The van der Waals surface area contributed by atoms with Gasteiger partial charge in [0.1, 0.15) is 0 Å². The van der Waals surface area contributed by atoms with E-state index in [0.29, 0.717) is 12.6 Å². The van der Waals surface area contributed by atoms with Gasteiger partial charge in [0, 0.05) is 19.1 Å². The number of nitrogens with zero attached hydrogens (tertiary/aromatic N) is 1. The predicted molar refractivity (Wildman–Crippen MR) is 73.0 cm³/mol. The van der Waals surface area contributed by atoms with Gasteiger partial charge in [-0.3, -0.25) is 9.69 Å². The smallest absolute Gasteiger partial charge is 0.237 e. The van der Waals surface area contributed by atoms with Gasteiger partial charge in [-0.15, -0.1) is 0 Å². The second-order valence-corrected chi connectivity index (χ2v) is 5.99. The van der Waals surface area contributed by atoms with Crippen LogP contribution in [0.15, 0.2) is 0 Å². The van der Waals surface area contributed by atoms with Crippen LogP contribution in [0, 0.1) is 0 Å². The average Bonchev–Trinajstić information content (AvgIpc) is 2.99. The van der Waals surface area contributed by atoms with Crippen molar-refractivity contribution in [1.82, 2.24) is 15.5 Å². The molecule has 3 aliphatic heterocycles. The molecule has 0 bridgehead atoms. The maximum Gasteiger partial charge on any atom is 0.237 e. The highest BCUT2D eigenvalue weighted by atomic mass is 16.5. The van der Waals surface area contributed by atoms with Crippen molar-refractivity contribution in [1.29, 1.82) is 0 Å². The summed E-state index contributed by atoms with van der Waals surface area (Å²) in [6.07, 6.45) is 6.14. The highest BCUT2D eigenvalue weighted by Gasteiger charge is 2.31. The molecule has 3 heterocycles. The molecular weight excluding hydrogens is 242 g/mol. The number of amides is 1. The molecule has 5 nitrogen and oxygen atoms in total. The van der Waals surface area contributed by atoms with Crippen molar-refractivity contribution < 1.29 is 9.53 Å². The Bertz CT molecular complexity index is 318. The number of nitrogens with one attached hydrogen (secondary N) is 2. The van der Waals surface area contributed by atoms with Gasteiger partial charge in [-0.05, 0) is 38.8 Å². The van der Waals surface area contributed by atoms with E-state index in [-0.39, 0.29) is 18.1 Å². The fourth-order valence-corrected chi connectivity index (χ4v) is 3.42. The average molecular weight is 267 g/mol. The third-order valence-electron chi connectivity index (χ3n) is 4.59. The largest absolute Gasteiger partial charge is 0.373 e. The summed E-state index contributed by atoms with van der Waals surface area (Å²) in [7, 11) is 0. The number of hydrogen-bond acceptors (Lipinski definition) is 4. The van der Waals surface area contributed by atoms with E-state index in [1.807, 2.05) is 0 Å². The molecule has 0 radical (unpaired) electrons. The Kier molecular flexibility index (Phi) is 4.35. The molecule has 0 aromatic heterocycles. The monoisotopic (exact) mass is 267 g/mol. The summed E-state index contributed by atoms with van der Waals surface area (Å²) in [5.74, 6) is 0.141. The molecule has 2 N–H and O–H groups in total. The van der Waals surface area contributed by atoms with Crippen molar-refractivity contribution in [2.45, 2.75) is 50.3 Å². The Balaban J connectivity index is 1.41. The summed E-state index contributed by atoms with van der Waals surface area (Å²) in [5, 5.41) is 6.26. The first-order chi connectivity index (χ1) is 9.33. The Labute approximate surface area is 115 Å². The van der Waals surface area contributed by atoms with Gasteiger partial charge in [0.15, 0.2) is 0 Å². The van der Waals surface area contributed by atoms with E-state index >= 15 is 0 Å². The van der Waals surface area contributed by atoms with Crippen LogP contribution in [0.4, 0.5) is 0 Å². The molecule has 1 amide bonds. The minimum absolute atomic E-state index is 0.0197. The summed E-state index contributed by atoms with van der Waals surface area (Å²) in [5.41, 5.74) is 0. The molecule has 0 aromatic rings. The zero-order valence-electron chi connectivity index (χ0n) is 11.6. The van der Waals surface area contributed by atoms with Gasteiger partial charge in [-0.25, -0.2) is 0 Å². The molecule has 0 aliphatic carbocycles. The zero-order valence-corrected chi connectivity index (χ0v) is 11.6. The highest BCUT2D eigenvalue weighted by Crippen LogP contribution is 2.21. The van der Waals surface area contributed by atoms with Gasteiger partial charge in [0.2, 0.25) is 5.91 Å². The normalized spacial score (nSPS) is 35.9. The molecule has 3 fully saturated rings. The second-order valence-electron chi connectivity index (χ2n) is 5.99. The van der Waals surface area contributed by atoms with Gasteiger partial charge in [0.25, 0.3) is 0 Å². The summed E-state index contributed by atoms with van der Waals surface area (Å²) in [6.45, 7) is 4.63. The molecule has 19 heavy (non-hydrogen) atoms.